The summed E-state index contributed by atoms with van der Waals surface area (Å²) in [5.41, 5.74) is 1.51. The number of nitrogens with zero attached hydrogens (tertiary/aromatic N) is 2. The second kappa shape index (κ2) is 6.52. The summed E-state index contributed by atoms with van der Waals surface area (Å²) in [6, 6.07) is 3.78. The molecule has 1 aromatic heterocycles. The molecule has 1 amide bonds. The Labute approximate surface area is 114 Å². The number of ether oxygens (including phenoxy) is 1. The standard InChI is InChI=1S/C14H21N3O2/c1-11(2)10-16-14(18)13-9-12(3-4-15-13)17-5-7-19-8-6-17/h3-4,9,11H,5-8,10H2,1-2H3,(H,16,18). The maximum Gasteiger partial charge on any atom is 0.269 e. The van der Waals surface area contributed by atoms with E-state index in [0.29, 0.717) is 18.2 Å². The third kappa shape index (κ3) is 3.92. The largest absolute Gasteiger partial charge is 0.378 e. The number of nitrogens with one attached hydrogen (secondary N) is 1. The zero-order chi connectivity index (χ0) is 13.7. The highest BCUT2D eigenvalue weighted by Crippen LogP contribution is 2.15. The van der Waals surface area contributed by atoms with E-state index in [2.05, 4.69) is 29.0 Å². The fourth-order valence-electron chi connectivity index (χ4n) is 1.95. The molecule has 0 saturated carbocycles. The first kappa shape index (κ1) is 13.8. The predicted molar refractivity (Wildman–Crippen MR) is 74.4 cm³/mol. The van der Waals surface area contributed by atoms with Crippen LogP contribution in [0.3, 0.4) is 0 Å². The van der Waals surface area contributed by atoms with E-state index in [1.165, 1.54) is 0 Å². The van der Waals surface area contributed by atoms with Gasteiger partial charge in [-0.3, -0.25) is 9.78 Å². The third-order valence-corrected chi connectivity index (χ3v) is 3.02. The van der Waals surface area contributed by atoms with Crippen molar-refractivity contribution in [3.63, 3.8) is 0 Å². The number of anilines is 1. The maximum atomic E-state index is 12.0. The zero-order valence-electron chi connectivity index (χ0n) is 11.6. The summed E-state index contributed by atoms with van der Waals surface area (Å²) < 4.78 is 5.33. The Balaban J connectivity index is 2.03. The lowest BCUT2D eigenvalue weighted by molar-refractivity contribution is 0.0944. The molecule has 104 valence electrons. The average molecular weight is 263 g/mol. The molecule has 1 saturated heterocycles. The van der Waals surface area contributed by atoms with E-state index in [1.807, 2.05) is 12.1 Å². The van der Waals surface area contributed by atoms with Gasteiger partial charge in [-0.2, -0.15) is 0 Å². The smallest absolute Gasteiger partial charge is 0.269 e. The van der Waals surface area contributed by atoms with E-state index >= 15 is 0 Å². The lowest BCUT2D eigenvalue weighted by atomic mass is 10.2. The molecule has 5 heteroatoms. The molecule has 1 N–H and O–H groups in total. The van der Waals surface area contributed by atoms with Crippen molar-refractivity contribution >= 4 is 11.6 Å². The molecule has 0 unspecified atom stereocenters. The number of hydrogen-bond acceptors (Lipinski definition) is 4. The van der Waals surface area contributed by atoms with Crippen LogP contribution in [0.1, 0.15) is 24.3 Å². The van der Waals surface area contributed by atoms with Gasteiger partial charge in [0.2, 0.25) is 0 Å². The second-order valence-electron chi connectivity index (χ2n) is 5.10. The lowest BCUT2D eigenvalue weighted by Gasteiger charge is -2.28. The minimum Gasteiger partial charge on any atom is -0.378 e. The molecule has 0 atom stereocenters. The first-order chi connectivity index (χ1) is 9.16. The Kier molecular flexibility index (Phi) is 4.74. The molecular weight excluding hydrogens is 242 g/mol. The highest BCUT2D eigenvalue weighted by atomic mass is 16.5. The summed E-state index contributed by atoms with van der Waals surface area (Å²) in [4.78, 5) is 18.3. The fourth-order valence-corrected chi connectivity index (χ4v) is 1.95. The molecule has 1 aliphatic heterocycles. The molecule has 2 heterocycles. The van der Waals surface area contributed by atoms with Crippen LogP contribution < -0.4 is 10.2 Å². The minimum atomic E-state index is -0.108. The van der Waals surface area contributed by atoms with Crippen LogP contribution in [0.5, 0.6) is 0 Å². The van der Waals surface area contributed by atoms with E-state index in [-0.39, 0.29) is 5.91 Å². The molecule has 0 aliphatic carbocycles. The minimum absolute atomic E-state index is 0.108. The van der Waals surface area contributed by atoms with Crippen LogP contribution in [0.4, 0.5) is 5.69 Å². The van der Waals surface area contributed by atoms with Crippen LogP contribution in [-0.2, 0) is 4.74 Å². The number of hydrogen-bond donors (Lipinski definition) is 1. The van der Waals surface area contributed by atoms with Gasteiger partial charge in [-0.15, -0.1) is 0 Å². The first-order valence-electron chi connectivity index (χ1n) is 6.74. The molecule has 0 bridgehead atoms. The van der Waals surface area contributed by atoms with Crippen molar-refractivity contribution in [1.82, 2.24) is 10.3 Å². The molecule has 0 spiro atoms. The molecule has 1 fully saturated rings. The molecule has 2 rings (SSSR count). The third-order valence-electron chi connectivity index (χ3n) is 3.02. The van der Waals surface area contributed by atoms with Crippen LogP contribution in [0.2, 0.25) is 0 Å². The van der Waals surface area contributed by atoms with Gasteiger partial charge < -0.3 is 15.0 Å². The van der Waals surface area contributed by atoms with Crippen LogP contribution in [0, 0.1) is 5.92 Å². The van der Waals surface area contributed by atoms with Gasteiger partial charge in [0.1, 0.15) is 5.69 Å². The van der Waals surface area contributed by atoms with Gasteiger partial charge in [0.05, 0.1) is 13.2 Å². The lowest BCUT2D eigenvalue weighted by Crippen LogP contribution is -2.36. The van der Waals surface area contributed by atoms with Crippen molar-refractivity contribution in [1.29, 1.82) is 0 Å². The first-order valence-corrected chi connectivity index (χ1v) is 6.74. The van der Waals surface area contributed by atoms with E-state index < -0.39 is 0 Å². The molecule has 1 aromatic rings. The van der Waals surface area contributed by atoms with Crippen LogP contribution in [0.25, 0.3) is 0 Å². The Morgan fingerprint density at radius 2 is 2.21 bits per heavy atom. The SMILES string of the molecule is CC(C)CNC(=O)c1cc(N2CCOCC2)ccn1. The Morgan fingerprint density at radius 3 is 2.89 bits per heavy atom. The Hall–Kier alpha value is -1.62. The molecular formula is C14H21N3O2. The van der Waals surface area contributed by atoms with Crippen molar-refractivity contribution in [2.45, 2.75) is 13.8 Å². The van der Waals surface area contributed by atoms with Gasteiger partial charge in [0.15, 0.2) is 0 Å². The number of carbonyl (C=O) groups is 1. The number of aromatic nitrogens is 1. The van der Waals surface area contributed by atoms with Crippen molar-refractivity contribution in [3.05, 3.63) is 24.0 Å². The van der Waals surface area contributed by atoms with Gasteiger partial charge in [-0.05, 0) is 18.1 Å². The summed E-state index contributed by atoms with van der Waals surface area (Å²) in [5.74, 6) is 0.329. The molecule has 1 aliphatic rings. The number of carbonyl (C=O) groups excluding carboxylic acids is 1. The monoisotopic (exact) mass is 263 g/mol. The fraction of sp³-hybridized carbons (Fsp3) is 0.571. The van der Waals surface area contributed by atoms with E-state index in [9.17, 15) is 4.79 Å². The molecule has 0 radical (unpaired) electrons. The quantitative estimate of drug-likeness (QED) is 0.889. The highest BCUT2D eigenvalue weighted by molar-refractivity contribution is 5.93. The van der Waals surface area contributed by atoms with Gasteiger partial charge >= 0.3 is 0 Å². The maximum absolute atomic E-state index is 12.0. The zero-order valence-corrected chi connectivity index (χ0v) is 11.6. The van der Waals surface area contributed by atoms with Crippen molar-refractivity contribution in [2.24, 2.45) is 5.92 Å². The normalized spacial score (nSPS) is 15.6. The second-order valence-corrected chi connectivity index (χ2v) is 5.10. The van der Waals surface area contributed by atoms with Gasteiger partial charge in [-0.25, -0.2) is 0 Å². The topological polar surface area (TPSA) is 54.5 Å². The van der Waals surface area contributed by atoms with Crippen molar-refractivity contribution in [2.75, 3.05) is 37.7 Å². The number of morpholine rings is 1. The Morgan fingerprint density at radius 1 is 1.47 bits per heavy atom. The summed E-state index contributed by atoms with van der Waals surface area (Å²) in [7, 11) is 0. The van der Waals surface area contributed by atoms with E-state index in [0.717, 1.165) is 32.0 Å². The van der Waals surface area contributed by atoms with Crippen LogP contribution in [-0.4, -0.2) is 43.7 Å². The van der Waals surface area contributed by atoms with Crippen molar-refractivity contribution < 1.29 is 9.53 Å². The van der Waals surface area contributed by atoms with Gasteiger partial charge in [0, 0.05) is 31.5 Å². The summed E-state index contributed by atoms with van der Waals surface area (Å²) in [6.45, 7) is 7.99. The Bertz CT molecular complexity index is 428. The van der Waals surface area contributed by atoms with E-state index in [4.69, 9.17) is 4.74 Å². The van der Waals surface area contributed by atoms with Gasteiger partial charge in [-0.1, -0.05) is 13.8 Å². The predicted octanol–water partition coefficient (Wildman–Crippen LogP) is 1.30. The van der Waals surface area contributed by atoms with Crippen LogP contribution >= 0.6 is 0 Å². The van der Waals surface area contributed by atoms with Crippen LogP contribution in [0.15, 0.2) is 18.3 Å². The van der Waals surface area contributed by atoms with Gasteiger partial charge in [0.25, 0.3) is 5.91 Å². The average Bonchev–Trinajstić information content (AvgIpc) is 2.46. The molecule has 5 nitrogen and oxygen atoms in total. The van der Waals surface area contributed by atoms with E-state index in [1.54, 1.807) is 6.20 Å². The molecule has 0 aromatic carbocycles. The number of pyridine rings is 1. The molecule has 19 heavy (non-hydrogen) atoms. The summed E-state index contributed by atoms with van der Waals surface area (Å²) >= 11 is 0. The number of rotatable bonds is 4. The number of amides is 1. The summed E-state index contributed by atoms with van der Waals surface area (Å²) in [5, 5.41) is 2.88. The van der Waals surface area contributed by atoms with Crippen molar-refractivity contribution in [3.8, 4) is 0 Å². The highest BCUT2D eigenvalue weighted by Gasteiger charge is 2.14. The summed E-state index contributed by atoms with van der Waals surface area (Å²) in [6.07, 6.45) is 1.69.